The first kappa shape index (κ1) is 17.5. The summed E-state index contributed by atoms with van der Waals surface area (Å²) >= 11 is 7.36. The maximum Gasteiger partial charge on any atom is 0.262 e. The van der Waals surface area contributed by atoms with Gasteiger partial charge in [-0.1, -0.05) is 22.9 Å². The summed E-state index contributed by atoms with van der Waals surface area (Å²) in [4.78, 5) is 21.8. The molecule has 0 fully saturated rings. The van der Waals surface area contributed by atoms with Crippen molar-refractivity contribution in [3.8, 4) is 16.3 Å². The van der Waals surface area contributed by atoms with E-state index in [0.29, 0.717) is 16.5 Å². The largest absolute Gasteiger partial charge is 0.484 e. The molecule has 4 rings (SSSR count). The number of carbonyl (C=O) groups excluding carboxylic acids is 1. The van der Waals surface area contributed by atoms with Crippen LogP contribution in [-0.4, -0.2) is 22.5 Å². The average molecular weight is 396 g/mol. The Morgan fingerprint density at radius 3 is 2.59 bits per heavy atom. The third-order valence-electron chi connectivity index (χ3n) is 3.77. The summed E-state index contributed by atoms with van der Waals surface area (Å²) in [6.07, 6.45) is 1.76. The fourth-order valence-electron chi connectivity index (χ4n) is 2.47. The highest BCUT2D eigenvalue weighted by Crippen LogP contribution is 2.29. The van der Waals surface area contributed by atoms with Crippen LogP contribution in [0.1, 0.15) is 0 Å². The number of nitrogens with one attached hydrogen (secondary N) is 1. The van der Waals surface area contributed by atoms with Crippen molar-refractivity contribution in [1.82, 2.24) is 9.97 Å². The van der Waals surface area contributed by atoms with E-state index < -0.39 is 0 Å². The van der Waals surface area contributed by atoms with Crippen molar-refractivity contribution in [2.45, 2.75) is 0 Å². The Morgan fingerprint density at radius 1 is 1.07 bits per heavy atom. The van der Waals surface area contributed by atoms with Gasteiger partial charge in [-0.15, -0.1) is 0 Å². The van der Waals surface area contributed by atoms with Gasteiger partial charge in [0.1, 0.15) is 21.1 Å². The lowest BCUT2D eigenvalue weighted by Crippen LogP contribution is -2.20. The number of halogens is 1. The summed E-state index contributed by atoms with van der Waals surface area (Å²) in [5, 5.41) is 4.33. The van der Waals surface area contributed by atoms with Crippen LogP contribution in [0, 0.1) is 0 Å². The summed E-state index contributed by atoms with van der Waals surface area (Å²) < 4.78 is 5.44. The van der Waals surface area contributed by atoms with Gasteiger partial charge in [-0.05, 0) is 60.7 Å². The van der Waals surface area contributed by atoms with E-state index in [1.165, 1.54) is 11.3 Å². The van der Waals surface area contributed by atoms with Crippen molar-refractivity contribution in [2.75, 3.05) is 11.9 Å². The normalized spacial score (nSPS) is 10.7. The van der Waals surface area contributed by atoms with E-state index >= 15 is 0 Å². The van der Waals surface area contributed by atoms with Crippen molar-refractivity contribution in [2.24, 2.45) is 0 Å². The smallest absolute Gasteiger partial charge is 0.262 e. The first-order chi connectivity index (χ1) is 13.2. The number of anilines is 1. The number of ether oxygens (including phenoxy) is 1. The quantitative estimate of drug-likeness (QED) is 0.514. The molecule has 0 aliphatic rings. The molecular weight excluding hydrogens is 382 g/mol. The molecule has 0 saturated heterocycles. The number of rotatable bonds is 5. The van der Waals surface area contributed by atoms with Gasteiger partial charge in [-0.3, -0.25) is 4.79 Å². The lowest BCUT2D eigenvalue weighted by molar-refractivity contribution is -0.118. The number of aromatic nitrogens is 2. The maximum atomic E-state index is 12.0. The molecule has 0 unspecified atom stereocenters. The molecule has 0 saturated carbocycles. The van der Waals surface area contributed by atoms with Gasteiger partial charge in [0.2, 0.25) is 0 Å². The van der Waals surface area contributed by atoms with Crippen molar-refractivity contribution < 1.29 is 9.53 Å². The molecule has 7 heteroatoms. The molecule has 0 spiro atoms. The second-order valence-electron chi connectivity index (χ2n) is 5.71. The van der Waals surface area contributed by atoms with Gasteiger partial charge in [0.15, 0.2) is 6.61 Å². The van der Waals surface area contributed by atoms with E-state index in [1.54, 1.807) is 30.5 Å². The molecular formula is C20H14ClN3O2S. The monoisotopic (exact) mass is 395 g/mol. The van der Waals surface area contributed by atoms with Crippen molar-refractivity contribution in [1.29, 1.82) is 0 Å². The molecule has 2 aromatic carbocycles. The van der Waals surface area contributed by atoms with Gasteiger partial charge in [0.25, 0.3) is 5.91 Å². The van der Waals surface area contributed by atoms with Crippen LogP contribution >= 0.6 is 22.9 Å². The summed E-state index contributed by atoms with van der Waals surface area (Å²) in [6.45, 7) is -0.0765. The lowest BCUT2D eigenvalue weighted by Gasteiger charge is -2.08. The minimum atomic E-state index is -0.234. The molecule has 5 nitrogen and oxygen atoms in total. The number of hydrogen-bond acceptors (Lipinski definition) is 5. The maximum absolute atomic E-state index is 12.0. The molecule has 0 bridgehead atoms. The highest BCUT2D eigenvalue weighted by atomic mass is 35.5. The Kier molecular flexibility index (Phi) is 5.00. The number of nitrogens with zero attached hydrogens (tertiary/aromatic N) is 2. The van der Waals surface area contributed by atoms with Crippen molar-refractivity contribution in [3.63, 3.8) is 0 Å². The van der Waals surface area contributed by atoms with Crippen LogP contribution in [0.15, 0.2) is 66.9 Å². The molecule has 2 heterocycles. The number of pyridine rings is 1. The van der Waals surface area contributed by atoms with Gasteiger partial charge in [-0.2, -0.15) is 0 Å². The topological polar surface area (TPSA) is 64.1 Å². The molecule has 4 aromatic rings. The standard InChI is InChI=1S/C20H14ClN3O2S/c21-14-5-9-16(10-6-14)26-12-18(25)23-15-7-3-13(4-8-15)19-24-17-2-1-11-22-20(17)27-19/h1-11H,12H2,(H,23,25). The fourth-order valence-corrected chi connectivity index (χ4v) is 3.51. The number of benzene rings is 2. The third-order valence-corrected chi connectivity index (χ3v) is 5.05. The Bertz CT molecular complexity index is 1050. The first-order valence-electron chi connectivity index (χ1n) is 8.17. The predicted molar refractivity (Wildman–Crippen MR) is 108 cm³/mol. The van der Waals surface area contributed by atoms with E-state index in [0.717, 1.165) is 20.9 Å². The molecule has 0 aliphatic heterocycles. The van der Waals surface area contributed by atoms with E-state index in [-0.39, 0.29) is 12.5 Å². The Morgan fingerprint density at radius 2 is 1.85 bits per heavy atom. The molecule has 1 N–H and O–H groups in total. The van der Waals surface area contributed by atoms with Crippen LogP contribution in [0.5, 0.6) is 5.75 Å². The molecule has 134 valence electrons. The summed E-state index contributed by atoms with van der Waals surface area (Å²) in [6, 6.07) is 18.2. The Labute approximate surface area is 164 Å². The Balaban J connectivity index is 1.38. The SMILES string of the molecule is O=C(COc1ccc(Cl)cc1)Nc1ccc(-c2nc3cccnc3s2)cc1. The number of amides is 1. The zero-order valence-corrected chi connectivity index (χ0v) is 15.6. The second-order valence-corrected chi connectivity index (χ2v) is 7.13. The van der Waals surface area contributed by atoms with Crippen LogP contribution < -0.4 is 10.1 Å². The van der Waals surface area contributed by atoms with Crippen LogP contribution in [0.4, 0.5) is 5.69 Å². The molecule has 27 heavy (non-hydrogen) atoms. The van der Waals surface area contributed by atoms with Gasteiger partial charge in [-0.25, -0.2) is 9.97 Å². The molecule has 2 aromatic heterocycles. The molecule has 1 amide bonds. The predicted octanol–water partition coefficient (Wildman–Crippen LogP) is 5.03. The minimum Gasteiger partial charge on any atom is -0.484 e. The lowest BCUT2D eigenvalue weighted by atomic mass is 10.2. The minimum absolute atomic E-state index is 0.0765. The number of hydrogen-bond donors (Lipinski definition) is 1. The highest BCUT2D eigenvalue weighted by molar-refractivity contribution is 7.21. The molecule has 0 radical (unpaired) electrons. The summed E-state index contributed by atoms with van der Waals surface area (Å²) in [5.41, 5.74) is 2.56. The Hall–Kier alpha value is -2.96. The van der Waals surface area contributed by atoms with Gasteiger partial charge in [0, 0.05) is 22.5 Å². The summed E-state index contributed by atoms with van der Waals surface area (Å²) in [5.74, 6) is 0.358. The van der Waals surface area contributed by atoms with Crippen LogP contribution in [0.3, 0.4) is 0 Å². The molecule has 0 aliphatic carbocycles. The van der Waals surface area contributed by atoms with Crippen molar-refractivity contribution >= 4 is 44.9 Å². The first-order valence-corrected chi connectivity index (χ1v) is 9.37. The molecule has 0 atom stereocenters. The van der Waals surface area contributed by atoms with Crippen LogP contribution in [0.25, 0.3) is 20.9 Å². The van der Waals surface area contributed by atoms with E-state index in [9.17, 15) is 4.79 Å². The zero-order valence-electron chi connectivity index (χ0n) is 14.1. The number of fused-ring (bicyclic) bond motifs is 1. The van der Waals surface area contributed by atoms with Gasteiger partial charge in [0.05, 0.1) is 0 Å². The number of thiazole rings is 1. The fraction of sp³-hybridized carbons (Fsp3) is 0.0500. The van der Waals surface area contributed by atoms with E-state index in [1.807, 2.05) is 36.4 Å². The van der Waals surface area contributed by atoms with Crippen LogP contribution in [-0.2, 0) is 4.79 Å². The zero-order chi connectivity index (χ0) is 18.6. The van der Waals surface area contributed by atoms with Gasteiger partial charge >= 0.3 is 0 Å². The van der Waals surface area contributed by atoms with Crippen molar-refractivity contribution in [3.05, 3.63) is 71.9 Å². The van der Waals surface area contributed by atoms with Gasteiger partial charge < -0.3 is 10.1 Å². The number of carbonyl (C=O) groups is 1. The van der Waals surface area contributed by atoms with Crippen LogP contribution in [0.2, 0.25) is 5.02 Å². The average Bonchev–Trinajstić information content (AvgIpc) is 3.12. The van der Waals surface area contributed by atoms with E-state index in [2.05, 4.69) is 15.3 Å². The third kappa shape index (κ3) is 4.24. The summed E-state index contributed by atoms with van der Waals surface area (Å²) in [7, 11) is 0. The highest BCUT2D eigenvalue weighted by Gasteiger charge is 2.08. The second kappa shape index (κ2) is 7.73. The van der Waals surface area contributed by atoms with E-state index in [4.69, 9.17) is 16.3 Å².